The number of nitrogens with zero attached hydrogens (tertiary/aromatic N) is 1. The van der Waals surface area contributed by atoms with Crippen LogP contribution in [-0.4, -0.2) is 42.1 Å². The van der Waals surface area contributed by atoms with Gasteiger partial charge in [0, 0.05) is 23.2 Å². The van der Waals surface area contributed by atoms with E-state index in [4.69, 9.17) is 9.29 Å². The molecule has 0 bridgehead atoms. The quantitative estimate of drug-likeness (QED) is 0.170. The fraction of sp³-hybridized carbons (Fsp3) is 0.393. The van der Waals surface area contributed by atoms with Gasteiger partial charge in [-0.15, -0.1) is 11.3 Å². The summed E-state index contributed by atoms with van der Waals surface area (Å²) in [5.74, 6) is -0.239. The van der Waals surface area contributed by atoms with Gasteiger partial charge in [0.15, 0.2) is 0 Å². The van der Waals surface area contributed by atoms with Gasteiger partial charge in [-0.3, -0.25) is 14.1 Å². The normalized spacial score (nSPS) is 12.4. The molecule has 2 amide bonds. The summed E-state index contributed by atoms with van der Waals surface area (Å²) in [5, 5.41) is 6.62. The number of carbonyl (C=O) groups is 2. The van der Waals surface area contributed by atoms with Crippen molar-refractivity contribution < 1.29 is 27.3 Å². The zero-order chi connectivity index (χ0) is 29.3. The smallest absolute Gasteiger partial charge is 0.407 e. The molecule has 12 heteroatoms. The van der Waals surface area contributed by atoms with Crippen LogP contribution >= 0.6 is 11.3 Å². The van der Waals surface area contributed by atoms with Crippen LogP contribution in [0.5, 0.6) is 0 Å². The highest BCUT2D eigenvalue weighted by Crippen LogP contribution is 2.25. The van der Waals surface area contributed by atoms with Crippen molar-refractivity contribution in [2.75, 3.05) is 11.3 Å². The van der Waals surface area contributed by atoms with E-state index >= 15 is 0 Å². The number of nitrogens with one attached hydrogen (secondary N) is 3. The minimum absolute atomic E-state index is 0.229. The molecule has 1 heterocycles. The van der Waals surface area contributed by atoms with Gasteiger partial charge in [0.05, 0.1) is 11.7 Å². The average Bonchev–Trinajstić information content (AvgIpc) is 3.35. The zero-order valence-electron chi connectivity index (χ0n) is 23.1. The molecule has 0 aliphatic rings. The van der Waals surface area contributed by atoms with E-state index in [1.54, 1.807) is 30.3 Å². The predicted molar refractivity (Wildman–Crippen MR) is 156 cm³/mol. The van der Waals surface area contributed by atoms with Crippen LogP contribution in [0.2, 0.25) is 0 Å². The maximum Gasteiger partial charge on any atom is 0.407 e. The van der Waals surface area contributed by atoms with Gasteiger partial charge in [0.25, 0.3) is 5.91 Å². The predicted octanol–water partition coefficient (Wildman–Crippen LogP) is 5.09. The number of anilines is 1. The summed E-state index contributed by atoms with van der Waals surface area (Å²) in [6.07, 6.45) is 3.99. The van der Waals surface area contributed by atoms with Gasteiger partial charge in [-0.05, 0) is 81.8 Å². The molecular weight excluding hydrogens is 552 g/mol. The zero-order valence-corrected chi connectivity index (χ0v) is 24.7. The molecule has 0 saturated carbocycles. The second kappa shape index (κ2) is 13.7. The summed E-state index contributed by atoms with van der Waals surface area (Å²) in [6, 6.07) is 13.5. The van der Waals surface area contributed by atoms with Crippen molar-refractivity contribution in [2.45, 2.75) is 65.0 Å². The molecule has 0 fully saturated rings. The molecule has 216 valence electrons. The molecule has 0 aliphatic carbocycles. The van der Waals surface area contributed by atoms with Crippen molar-refractivity contribution in [3.63, 3.8) is 0 Å². The summed E-state index contributed by atoms with van der Waals surface area (Å²) >= 11 is 1.54. The molecule has 10 nitrogen and oxygen atoms in total. The largest absolute Gasteiger partial charge is 0.444 e. The molecule has 40 heavy (non-hydrogen) atoms. The van der Waals surface area contributed by atoms with Crippen LogP contribution in [0.25, 0.3) is 0 Å². The molecular formula is C28H36N4O6S2. The molecule has 1 atom stereocenters. The summed E-state index contributed by atoms with van der Waals surface area (Å²) in [6.45, 7) is 7.93. The van der Waals surface area contributed by atoms with Gasteiger partial charge < -0.3 is 15.4 Å². The number of ether oxygens (including phenoxy) is 1. The van der Waals surface area contributed by atoms with E-state index in [0.29, 0.717) is 31.4 Å². The van der Waals surface area contributed by atoms with Crippen LogP contribution in [0.1, 0.15) is 71.5 Å². The van der Waals surface area contributed by atoms with E-state index in [1.807, 2.05) is 56.8 Å². The Balaban J connectivity index is 1.66. The van der Waals surface area contributed by atoms with Crippen molar-refractivity contribution >= 4 is 39.3 Å². The third-order valence-electron chi connectivity index (χ3n) is 5.66. The third-order valence-corrected chi connectivity index (χ3v) is 7.41. The number of hydrogen-bond donors (Lipinski definition) is 4. The summed E-state index contributed by atoms with van der Waals surface area (Å²) < 4.78 is 38.4. The molecule has 4 N–H and O–H groups in total. The van der Waals surface area contributed by atoms with Gasteiger partial charge in [-0.25, -0.2) is 9.78 Å². The third kappa shape index (κ3) is 10.6. The van der Waals surface area contributed by atoms with Crippen molar-refractivity contribution in [1.29, 1.82) is 0 Å². The highest BCUT2D eigenvalue weighted by molar-refractivity contribution is 7.87. The molecule has 0 aliphatic heterocycles. The second-order valence-corrected chi connectivity index (χ2v) is 12.6. The van der Waals surface area contributed by atoms with Gasteiger partial charge in [0.2, 0.25) is 0 Å². The standard InChI is InChI=1S/C28H36N4O6S2/c1-5-23-18-30-26(39-23)24(17-20-11-13-22(14-12-20)32-40(35,36)37)31-25(33)21-10-6-8-19(16-21)9-7-15-29-27(34)38-28(2,3)4/h6,8,10-14,16,18,24,32H,5,7,9,15,17H2,1-4H3,(H,29,34)(H,31,33)(H,35,36,37)/t24-/m0/s1. The lowest BCUT2D eigenvalue weighted by atomic mass is 10.0. The number of benzene rings is 2. The van der Waals surface area contributed by atoms with E-state index in [-0.39, 0.29) is 11.6 Å². The lowest BCUT2D eigenvalue weighted by molar-refractivity contribution is 0.0527. The number of aromatic nitrogens is 1. The van der Waals surface area contributed by atoms with Crippen molar-refractivity contribution in [3.8, 4) is 0 Å². The topological polar surface area (TPSA) is 147 Å². The Hall–Kier alpha value is -3.48. The summed E-state index contributed by atoms with van der Waals surface area (Å²) in [5.41, 5.74) is 2.02. The first kappa shape index (κ1) is 31.1. The Morgan fingerprint density at radius 2 is 1.82 bits per heavy atom. The van der Waals surface area contributed by atoms with E-state index in [2.05, 4.69) is 15.6 Å². The molecule has 0 saturated heterocycles. The van der Waals surface area contributed by atoms with Crippen LogP contribution in [-0.2, 0) is 34.3 Å². The summed E-state index contributed by atoms with van der Waals surface area (Å²) in [7, 11) is -4.36. The summed E-state index contributed by atoms with van der Waals surface area (Å²) in [4.78, 5) is 30.8. The highest BCUT2D eigenvalue weighted by atomic mass is 32.2. The Labute approximate surface area is 239 Å². The lowest BCUT2D eigenvalue weighted by Crippen LogP contribution is -2.33. The van der Waals surface area contributed by atoms with Crippen molar-refractivity contribution in [3.05, 3.63) is 81.3 Å². The number of rotatable bonds is 12. The van der Waals surface area contributed by atoms with E-state index in [1.165, 1.54) is 11.3 Å². The maximum atomic E-state index is 13.3. The molecule has 2 aromatic carbocycles. The van der Waals surface area contributed by atoms with Gasteiger partial charge in [-0.1, -0.05) is 31.2 Å². The van der Waals surface area contributed by atoms with Gasteiger partial charge >= 0.3 is 16.4 Å². The first-order valence-electron chi connectivity index (χ1n) is 13.0. The fourth-order valence-corrected chi connectivity index (χ4v) is 5.19. The molecule has 0 radical (unpaired) electrons. The molecule has 0 unspecified atom stereocenters. The van der Waals surface area contributed by atoms with E-state index in [0.717, 1.165) is 27.4 Å². The van der Waals surface area contributed by atoms with Gasteiger partial charge in [0.1, 0.15) is 10.6 Å². The Morgan fingerprint density at radius 1 is 1.10 bits per heavy atom. The Kier molecular flexibility index (Phi) is 10.7. The van der Waals surface area contributed by atoms with E-state index in [9.17, 15) is 18.0 Å². The first-order valence-corrected chi connectivity index (χ1v) is 15.2. The van der Waals surface area contributed by atoms with Crippen molar-refractivity contribution in [2.24, 2.45) is 0 Å². The van der Waals surface area contributed by atoms with Crippen LogP contribution in [0.3, 0.4) is 0 Å². The average molecular weight is 589 g/mol. The number of hydrogen-bond acceptors (Lipinski definition) is 7. The fourth-order valence-electron chi connectivity index (χ4n) is 3.85. The van der Waals surface area contributed by atoms with Crippen LogP contribution in [0.4, 0.5) is 10.5 Å². The minimum Gasteiger partial charge on any atom is -0.444 e. The molecule has 3 aromatic rings. The Bertz CT molecular complexity index is 1400. The number of alkyl carbamates (subject to hydrolysis) is 1. The molecule has 0 spiro atoms. The number of carbonyl (C=O) groups excluding carboxylic acids is 2. The SMILES string of the molecule is CCc1cnc([C@H](Cc2ccc(NS(=O)(=O)O)cc2)NC(=O)c2cccc(CCCNC(=O)OC(C)(C)C)c2)s1. The monoisotopic (exact) mass is 588 g/mol. The van der Waals surface area contributed by atoms with E-state index < -0.39 is 28.0 Å². The van der Waals surface area contributed by atoms with Crippen LogP contribution < -0.4 is 15.4 Å². The van der Waals surface area contributed by atoms with Crippen LogP contribution in [0, 0.1) is 0 Å². The highest BCUT2D eigenvalue weighted by Gasteiger charge is 2.20. The van der Waals surface area contributed by atoms with Gasteiger partial charge in [-0.2, -0.15) is 8.42 Å². The molecule has 3 rings (SSSR count). The maximum absolute atomic E-state index is 13.3. The Morgan fingerprint density at radius 3 is 2.45 bits per heavy atom. The van der Waals surface area contributed by atoms with Crippen molar-refractivity contribution in [1.82, 2.24) is 15.6 Å². The van der Waals surface area contributed by atoms with Crippen LogP contribution in [0.15, 0.2) is 54.7 Å². The first-order chi connectivity index (χ1) is 18.8. The second-order valence-electron chi connectivity index (χ2n) is 10.3. The number of aryl methyl sites for hydroxylation is 2. The number of thiazole rings is 1. The lowest BCUT2D eigenvalue weighted by Gasteiger charge is -2.19. The minimum atomic E-state index is -4.36. The number of amides is 2. The molecule has 1 aromatic heterocycles.